The smallest absolute Gasteiger partial charge is 0.165 e. The van der Waals surface area contributed by atoms with Crippen molar-refractivity contribution in [3.63, 3.8) is 0 Å². The molecule has 2 rings (SSSR count). The van der Waals surface area contributed by atoms with Gasteiger partial charge in [0.1, 0.15) is 16.8 Å². The van der Waals surface area contributed by atoms with Gasteiger partial charge in [0.15, 0.2) is 0 Å². The standard InChI is InChI=1S/C12H15N2O2/c1-12(2,3)11-9-13(14(15)16-11)10-7-5-4-6-8-10/h4-9H,1-3H3/q+1. The van der Waals surface area contributed by atoms with Crippen LogP contribution in [0, 0.1) is 4.91 Å². The predicted molar refractivity (Wildman–Crippen MR) is 60.1 cm³/mol. The number of hydrogen-bond acceptors (Lipinski definition) is 2. The first-order valence-electron chi connectivity index (χ1n) is 5.20. The van der Waals surface area contributed by atoms with Crippen molar-refractivity contribution in [1.82, 2.24) is 4.68 Å². The Morgan fingerprint density at radius 1 is 1.19 bits per heavy atom. The Balaban J connectivity index is 2.53. The van der Waals surface area contributed by atoms with E-state index in [2.05, 4.69) is 0 Å². The van der Waals surface area contributed by atoms with Gasteiger partial charge in [0, 0.05) is 5.41 Å². The van der Waals surface area contributed by atoms with Crippen LogP contribution >= 0.6 is 0 Å². The van der Waals surface area contributed by atoms with Crippen molar-refractivity contribution in [2.24, 2.45) is 0 Å². The lowest BCUT2D eigenvalue weighted by Crippen LogP contribution is -2.24. The van der Waals surface area contributed by atoms with Gasteiger partial charge in [-0.2, -0.15) is 4.52 Å². The molecule has 0 spiro atoms. The summed E-state index contributed by atoms with van der Waals surface area (Å²) in [5.41, 5.74) is 0.614. The first-order valence-corrected chi connectivity index (χ1v) is 5.20. The molecule has 0 saturated heterocycles. The van der Waals surface area contributed by atoms with Gasteiger partial charge in [-0.3, -0.25) is 0 Å². The topological polar surface area (TPSA) is 41.0 Å². The maximum atomic E-state index is 11.6. The fourth-order valence-corrected chi connectivity index (χ4v) is 1.39. The van der Waals surface area contributed by atoms with Crippen LogP contribution in [0.5, 0.6) is 0 Å². The van der Waals surface area contributed by atoms with Crippen LogP contribution in [0.25, 0.3) is 5.69 Å². The second-order valence-electron chi connectivity index (χ2n) is 4.75. The lowest BCUT2D eigenvalue weighted by molar-refractivity contribution is -0.768. The van der Waals surface area contributed by atoms with Gasteiger partial charge in [-0.15, -0.1) is 0 Å². The van der Waals surface area contributed by atoms with E-state index in [1.165, 1.54) is 4.68 Å². The molecule has 16 heavy (non-hydrogen) atoms. The second kappa shape index (κ2) is 3.63. The first kappa shape index (κ1) is 10.7. The highest BCUT2D eigenvalue weighted by atomic mass is 16.6. The molecule has 0 unspecified atom stereocenters. The summed E-state index contributed by atoms with van der Waals surface area (Å²) in [5, 5.41) is 0. The summed E-state index contributed by atoms with van der Waals surface area (Å²) in [6.45, 7) is 6.00. The number of para-hydroxylation sites is 1. The van der Waals surface area contributed by atoms with Crippen LogP contribution in [-0.2, 0) is 5.41 Å². The van der Waals surface area contributed by atoms with Crippen LogP contribution in [-0.4, -0.2) is 4.68 Å². The average molecular weight is 219 g/mol. The van der Waals surface area contributed by atoms with Gasteiger partial charge in [-0.25, -0.2) is 0 Å². The van der Waals surface area contributed by atoms with Crippen molar-refractivity contribution in [2.45, 2.75) is 26.2 Å². The minimum atomic E-state index is -0.174. The minimum Gasteiger partial charge on any atom is -0.165 e. The van der Waals surface area contributed by atoms with E-state index in [4.69, 9.17) is 4.52 Å². The third-order valence-electron chi connectivity index (χ3n) is 2.35. The molecule has 0 aliphatic carbocycles. The summed E-state index contributed by atoms with van der Waals surface area (Å²) in [4.78, 5) is 11.6. The summed E-state index contributed by atoms with van der Waals surface area (Å²) in [5.74, 6) is 0.659. The maximum Gasteiger partial charge on any atom is 0.374 e. The monoisotopic (exact) mass is 219 g/mol. The minimum absolute atomic E-state index is 0.174. The summed E-state index contributed by atoms with van der Waals surface area (Å²) in [6, 6.07) is 9.38. The van der Waals surface area contributed by atoms with Gasteiger partial charge in [-0.1, -0.05) is 39.0 Å². The lowest BCUT2D eigenvalue weighted by atomic mass is 9.94. The molecule has 0 aliphatic heterocycles. The molecule has 4 heteroatoms. The van der Waals surface area contributed by atoms with Crippen LogP contribution in [0.1, 0.15) is 26.5 Å². The molecule has 1 aromatic heterocycles. The summed E-state index contributed by atoms with van der Waals surface area (Å²) >= 11 is 0. The zero-order valence-electron chi connectivity index (χ0n) is 9.68. The molecule has 0 atom stereocenters. The third-order valence-corrected chi connectivity index (χ3v) is 2.35. The quantitative estimate of drug-likeness (QED) is 0.738. The van der Waals surface area contributed by atoms with Gasteiger partial charge in [0.05, 0.1) is 0 Å². The van der Waals surface area contributed by atoms with Crippen molar-refractivity contribution >= 4 is 0 Å². The van der Waals surface area contributed by atoms with Crippen molar-refractivity contribution in [1.29, 1.82) is 0 Å². The average Bonchev–Trinajstić information content (AvgIpc) is 2.61. The number of rotatable bonds is 1. The predicted octanol–water partition coefficient (Wildman–Crippen LogP) is 2.28. The molecule has 0 N–H and O–H groups in total. The van der Waals surface area contributed by atoms with Gasteiger partial charge in [-0.05, 0) is 16.8 Å². The number of nitrogens with zero attached hydrogens (tertiary/aromatic N) is 2. The van der Waals surface area contributed by atoms with Crippen molar-refractivity contribution in [2.75, 3.05) is 0 Å². The molecule has 0 saturated carbocycles. The first-order chi connectivity index (χ1) is 7.48. The van der Waals surface area contributed by atoms with Crippen molar-refractivity contribution < 1.29 is 9.24 Å². The molecule has 0 amide bonds. The van der Waals surface area contributed by atoms with E-state index in [1.54, 1.807) is 6.20 Å². The van der Waals surface area contributed by atoms with E-state index in [9.17, 15) is 4.91 Å². The molecular formula is C12H15N2O2+. The van der Waals surface area contributed by atoms with Crippen LogP contribution in [0.2, 0.25) is 0 Å². The van der Waals surface area contributed by atoms with E-state index in [-0.39, 0.29) is 5.41 Å². The molecule has 0 bridgehead atoms. The summed E-state index contributed by atoms with van der Waals surface area (Å²) < 4.78 is 7.10. The highest BCUT2D eigenvalue weighted by Gasteiger charge is 2.26. The largest absolute Gasteiger partial charge is 0.374 e. The van der Waals surface area contributed by atoms with E-state index in [0.717, 1.165) is 5.69 Å². The molecule has 0 radical (unpaired) electrons. The van der Waals surface area contributed by atoms with Gasteiger partial charge in [0.2, 0.25) is 5.76 Å². The Kier molecular flexibility index (Phi) is 2.42. The van der Waals surface area contributed by atoms with Crippen molar-refractivity contribution in [3.05, 3.63) is 47.2 Å². The zero-order chi connectivity index (χ0) is 11.8. The van der Waals surface area contributed by atoms with E-state index < -0.39 is 0 Å². The maximum absolute atomic E-state index is 11.6. The van der Waals surface area contributed by atoms with Crippen LogP contribution < -0.4 is 4.71 Å². The van der Waals surface area contributed by atoms with Crippen LogP contribution in [0.4, 0.5) is 0 Å². The molecule has 0 aliphatic rings. The summed E-state index contributed by atoms with van der Waals surface area (Å²) in [6.07, 6.45) is 1.72. The number of aromatic nitrogens is 2. The SMILES string of the molecule is CC(C)(C)c1cn(-c2ccccc2)[n+](=O)o1. The number of benzene rings is 1. The molecule has 1 heterocycles. The van der Waals surface area contributed by atoms with Gasteiger partial charge in [0.25, 0.3) is 0 Å². The molecular weight excluding hydrogens is 204 g/mol. The highest BCUT2D eigenvalue weighted by molar-refractivity contribution is 5.29. The molecule has 1 aromatic carbocycles. The molecule has 0 fully saturated rings. The fourth-order valence-electron chi connectivity index (χ4n) is 1.39. The fraction of sp³-hybridized carbons (Fsp3) is 0.333. The summed E-state index contributed by atoms with van der Waals surface area (Å²) in [7, 11) is 0. The van der Waals surface area contributed by atoms with E-state index in [1.807, 2.05) is 51.1 Å². The zero-order valence-corrected chi connectivity index (χ0v) is 9.68. The lowest BCUT2D eigenvalue weighted by Gasteiger charge is -2.09. The Morgan fingerprint density at radius 3 is 2.31 bits per heavy atom. The van der Waals surface area contributed by atoms with E-state index in [0.29, 0.717) is 10.5 Å². The highest BCUT2D eigenvalue weighted by Crippen LogP contribution is 2.21. The van der Waals surface area contributed by atoms with Gasteiger partial charge >= 0.3 is 4.71 Å². The Morgan fingerprint density at radius 2 is 1.81 bits per heavy atom. The molecule has 4 nitrogen and oxygen atoms in total. The van der Waals surface area contributed by atoms with Crippen LogP contribution in [0.15, 0.2) is 41.1 Å². The Labute approximate surface area is 93.7 Å². The molecule has 2 aromatic rings. The second-order valence-corrected chi connectivity index (χ2v) is 4.75. The van der Waals surface area contributed by atoms with Gasteiger partial charge < -0.3 is 0 Å². The van der Waals surface area contributed by atoms with E-state index >= 15 is 0 Å². The normalized spacial score (nSPS) is 11.7. The Bertz CT molecular complexity index is 532. The molecule has 84 valence electrons. The van der Waals surface area contributed by atoms with Crippen molar-refractivity contribution in [3.8, 4) is 5.69 Å². The van der Waals surface area contributed by atoms with Crippen LogP contribution in [0.3, 0.4) is 0 Å². The Hall–Kier alpha value is -1.84. The third kappa shape index (κ3) is 1.91. The number of hydrogen-bond donors (Lipinski definition) is 0.